The molecule has 1 aliphatic rings. The lowest BCUT2D eigenvalue weighted by Crippen LogP contribution is -2.53. The number of carbonyl (C=O) groups excluding carboxylic acids is 2. The Balaban J connectivity index is 1.76. The van der Waals surface area contributed by atoms with Crippen LogP contribution in [-0.4, -0.2) is 63.4 Å². The third-order valence-corrected chi connectivity index (χ3v) is 4.86. The molecule has 0 unspecified atom stereocenters. The molecule has 0 spiro atoms. The van der Waals surface area contributed by atoms with Gasteiger partial charge >= 0.3 is 6.03 Å². The van der Waals surface area contributed by atoms with Gasteiger partial charge in [-0.1, -0.05) is 30.3 Å². The smallest absolute Gasteiger partial charge is 0.318 e. The molecule has 0 saturated carbocycles. The van der Waals surface area contributed by atoms with Crippen molar-refractivity contribution in [1.29, 1.82) is 0 Å². The third-order valence-electron chi connectivity index (χ3n) is 4.86. The molecule has 1 saturated heterocycles. The van der Waals surface area contributed by atoms with Crippen molar-refractivity contribution >= 4 is 17.6 Å². The zero-order chi connectivity index (χ0) is 21.3. The Bertz CT molecular complexity index is 853. The summed E-state index contributed by atoms with van der Waals surface area (Å²) in [5.74, 6) is 0.760. The van der Waals surface area contributed by atoms with Gasteiger partial charge in [0, 0.05) is 25.6 Å². The molecule has 2 aromatic carbocycles. The number of nitrogens with zero attached hydrogens (tertiary/aromatic N) is 1. The van der Waals surface area contributed by atoms with Gasteiger partial charge in [-0.25, -0.2) is 4.79 Å². The van der Waals surface area contributed by atoms with Crippen LogP contribution in [0.15, 0.2) is 48.5 Å². The molecule has 0 bridgehead atoms. The molecule has 3 amide bonds. The van der Waals surface area contributed by atoms with E-state index in [4.69, 9.17) is 14.2 Å². The quantitative estimate of drug-likeness (QED) is 0.727. The van der Waals surface area contributed by atoms with Crippen LogP contribution in [0.5, 0.6) is 11.5 Å². The maximum absolute atomic E-state index is 13.1. The maximum Gasteiger partial charge on any atom is 0.318 e. The molecule has 2 aromatic rings. The predicted octanol–water partition coefficient (Wildman–Crippen LogP) is 2.30. The number of anilines is 1. The van der Waals surface area contributed by atoms with Gasteiger partial charge in [-0.05, 0) is 17.7 Å². The minimum atomic E-state index is -0.755. The molecule has 0 aliphatic carbocycles. The summed E-state index contributed by atoms with van der Waals surface area (Å²) < 4.78 is 15.9. The van der Waals surface area contributed by atoms with E-state index in [0.717, 1.165) is 5.56 Å². The topological polar surface area (TPSA) is 89.1 Å². The van der Waals surface area contributed by atoms with Crippen LogP contribution >= 0.6 is 0 Å². The first kappa shape index (κ1) is 21.4. The molecular weight excluding hydrogens is 386 g/mol. The van der Waals surface area contributed by atoms with E-state index >= 15 is 0 Å². The average Bonchev–Trinajstić information content (AvgIpc) is 2.80. The predicted molar refractivity (Wildman–Crippen MR) is 113 cm³/mol. The number of carbonyl (C=O) groups is 2. The van der Waals surface area contributed by atoms with Crippen LogP contribution in [0.2, 0.25) is 0 Å². The molecule has 8 heteroatoms. The van der Waals surface area contributed by atoms with Crippen LogP contribution in [-0.2, 0) is 16.0 Å². The largest absolute Gasteiger partial charge is 0.497 e. The fourth-order valence-corrected chi connectivity index (χ4v) is 3.19. The molecule has 160 valence electrons. The second-order valence-corrected chi connectivity index (χ2v) is 6.85. The molecule has 1 aliphatic heterocycles. The lowest BCUT2D eigenvalue weighted by atomic mass is 10.1. The van der Waals surface area contributed by atoms with E-state index in [1.165, 1.54) is 7.11 Å². The molecule has 30 heavy (non-hydrogen) atoms. The summed E-state index contributed by atoms with van der Waals surface area (Å²) in [6.07, 6.45) is 0.362. The van der Waals surface area contributed by atoms with Crippen molar-refractivity contribution < 1.29 is 23.8 Å². The number of ether oxygens (including phenoxy) is 3. The number of methoxy groups -OCH3 is 2. The Morgan fingerprint density at radius 1 is 1.07 bits per heavy atom. The van der Waals surface area contributed by atoms with E-state index in [0.29, 0.717) is 49.9 Å². The van der Waals surface area contributed by atoms with Crippen molar-refractivity contribution in [2.75, 3.05) is 45.8 Å². The number of hydrogen-bond donors (Lipinski definition) is 2. The minimum Gasteiger partial charge on any atom is -0.497 e. The highest BCUT2D eigenvalue weighted by molar-refractivity contribution is 5.98. The van der Waals surface area contributed by atoms with Crippen LogP contribution in [0.3, 0.4) is 0 Å². The van der Waals surface area contributed by atoms with Gasteiger partial charge < -0.3 is 29.7 Å². The number of rotatable bonds is 7. The van der Waals surface area contributed by atoms with Gasteiger partial charge in [-0.15, -0.1) is 0 Å². The van der Waals surface area contributed by atoms with E-state index in [1.54, 1.807) is 30.2 Å². The van der Waals surface area contributed by atoms with Crippen molar-refractivity contribution in [2.24, 2.45) is 0 Å². The SMILES string of the molecule is COc1ccc(NC(=O)[C@H](Cc2ccccc2)NC(=O)N2CCOCC2)c(OC)c1. The Morgan fingerprint density at radius 2 is 1.80 bits per heavy atom. The van der Waals surface area contributed by atoms with Crippen molar-refractivity contribution in [1.82, 2.24) is 10.2 Å². The summed E-state index contributed by atoms with van der Waals surface area (Å²) in [5.41, 5.74) is 1.45. The Hall–Kier alpha value is -3.26. The average molecular weight is 413 g/mol. The van der Waals surface area contributed by atoms with Crippen LogP contribution in [0.25, 0.3) is 0 Å². The molecule has 1 atom stereocenters. The van der Waals surface area contributed by atoms with Crippen LogP contribution < -0.4 is 20.1 Å². The maximum atomic E-state index is 13.1. The zero-order valence-electron chi connectivity index (χ0n) is 17.2. The van der Waals surface area contributed by atoms with Crippen molar-refractivity contribution in [3.05, 3.63) is 54.1 Å². The van der Waals surface area contributed by atoms with Crippen molar-refractivity contribution in [3.63, 3.8) is 0 Å². The number of urea groups is 1. The summed E-state index contributed by atoms with van der Waals surface area (Å²) >= 11 is 0. The normalized spacial score (nSPS) is 14.5. The molecule has 0 aromatic heterocycles. The van der Waals surface area contributed by atoms with Crippen LogP contribution in [0.1, 0.15) is 5.56 Å². The van der Waals surface area contributed by atoms with Crippen molar-refractivity contribution in [3.8, 4) is 11.5 Å². The highest BCUT2D eigenvalue weighted by Crippen LogP contribution is 2.29. The Kier molecular flexibility index (Phi) is 7.51. The van der Waals surface area contributed by atoms with Gasteiger partial charge in [0.05, 0.1) is 33.1 Å². The lowest BCUT2D eigenvalue weighted by molar-refractivity contribution is -0.118. The molecule has 2 N–H and O–H groups in total. The second-order valence-electron chi connectivity index (χ2n) is 6.85. The lowest BCUT2D eigenvalue weighted by Gasteiger charge is -2.29. The third kappa shape index (κ3) is 5.64. The number of benzene rings is 2. The van der Waals surface area contributed by atoms with Gasteiger partial charge in [0.15, 0.2) is 0 Å². The van der Waals surface area contributed by atoms with Gasteiger partial charge in [-0.3, -0.25) is 4.79 Å². The summed E-state index contributed by atoms with van der Waals surface area (Å²) in [7, 11) is 3.08. The number of hydrogen-bond acceptors (Lipinski definition) is 5. The highest BCUT2D eigenvalue weighted by Gasteiger charge is 2.26. The fraction of sp³-hybridized carbons (Fsp3) is 0.364. The molecule has 1 heterocycles. The number of amides is 3. The highest BCUT2D eigenvalue weighted by atomic mass is 16.5. The standard InChI is InChI=1S/C22H27N3O5/c1-28-17-8-9-18(20(15-17)29-2)23-21(26)19(14-16-6-4-3-5-7-16)24-22(27)25-10-12-30-13-11-25/h3-9,15,19H,10-14H2,1-2H3,(H,23,26)(H,24,27)/t19-/m0/s1. The summed E-state index contributed by atoms with van der Waals surface area (Å²) in [6.45, 7) is 1.98. The summed E-state index contributed by atoms with van der Waals surface area (Å²) in [6, 6.07) is 13.7. The number of morpholine rings is 1. The first-order chi connectivity index (χ1) is 14.6. The van der Waals surface area contributed by atoms with Crippen LogP contribution in [0, 0.1) is 0 Å². The fourth-order valence-electron chi connectivity index (χ4n) is 3.19. The van der Waals surface area contributed by atoms with Crippen molar-refractivity contribution in [2.45, 2.75) is 12.5 Å². The summed E-state index contributed by atoms with van der Waals surface area (Å²) in [4.78, 5) is 27.5. The first-order valence-electron chi connectivity index (χ1n) is 9.80. The van der Waals surface area contributed by atoms with E-state index < -0.39 is 6.04 Å². The van der Waals surface area contributed by atoms with Gasteiger partial charge in [0.25, 0.3) is 0 Å². The van der Waals surface area contributed by atoms with Gasteiger partial charge in [0.1, 0.15) is 17.5 Å². The zero-order valence-corrected chi connectivity index (χ0v) is 17.2. The Morgan fingerprint density at radius 3 is 2.47 bits per heavy atom. The van der Waals surface area contributed by atoms with Crippen LogP contribution in [0.4, 0.5) is 10.5 Å². The Labute approximate surface area is 176 Å². The first-order valence-corrected chi connectivity index (χ1v) is 9.80. The summed E-state index contributed by atoms with van der Waals surface area (Å²) in [5, 5.41) is 5.73. The second kappa shape index (κ2) is 10.5. The molecule has 0 radical (unpaired) electrons. The minimum absolute atomic E-state index is 0.281. The molecule has 8 nitrogen and oxygen atoms in total. The molecule has 1 fully saturated rings. The monoisotopic (exact) mass is 413 g/mol. The van der Waals surface area contributed by atoms with E-state index in [-0.39, 0.29) is 11.9 Å². The van der Waals surface area contributed by atoms with E-state index in [1.807, 2.05) is 30.3 Å². The number of nitrogens with one attached hydrogen (secondary N) is 2. The molecular formula is C22H27N3O5. The van der Waals surface area contributed by atoms with E-state index in [2.05, 4.69) is 10.6 Å². The van der Waals surface area contributed by atoms with Gasteiger partial charge in [-0.2, -0.15) is 0 Å². The van der Waals surface area contributed by atoms with Gasteiger partial charge in [0.2, 0.25) is 5.91 Å². The van der Waals surface area contributed by atoms with E-state index in [9.17, 15) is 9.59 Å². The molecule has 3 rings (SSSR count).